The van der Waals surface area contributed by atoms with E-state index in [0.717, 1.165) is 24.8 Å². The van der Waals surface area contributed by atoms with Gasteiger partial charge in [0.2, 0.25) is 0 Å². The zero-order chi connectivity index (χ0) is 10.6. The van der Waals surface area contributed by atoms with Gasteiger partial charge in [0.15, 0.2) is 0 Å². The van der Waals surface area contributed by atoms with E-state index in [-0.39, 0.29) is 17.5 Å². The van der Waals surface area contributed by atoms with Crippen LogP contribution in [0, 0.1) is 0 Å². The normalized spacial score (nSPS) is 12.7. The first-order valence-electron chi connectivity index (χ1n) is 4.92. The minimum atomic E-state index is -0.104. The molecule has 4 N–H and O–H groups in total. The first-order valence-corrected chi connectivity index (χ1v) is 4.92. The van der Waals surface area contributed by atoms with Gasteiger partial charge in [-0.05, 0) is 24.1 Å². The van der Waals surface area contributed by atoms with Crippen LogP contribution in [0.2, 0.25) is 0 Å². The lowest BCUT2D eigenvalue weighted by atomic mass is 10.0. The molecule has 78 valence electrons. The number of nitrogens with two attached hydrogens (primary N) is 1. The topological polar surface area (TPSA) is 66.5 Å². The molecule has 0 heterocycles. The molecule has 0 radical (unpaired) electrons. The van der Waals surface area contributed by atoms with E-state index in [9.17, 15) is 10.2 Å². The van der Waals surface area contributed by atoms with Crippen LogP contribution < -0.4 is 5.73 Å². The van der Waals surface area contributed by atoms with Gasteiger partial charge in [-0.3, -0.25) is 0 Å². The Morgan fingerprint density at radius 1 is 1.21 bits per heavy atom. The zero-order valence-corrected chi connectivity index (χ0v) is 8.40. The van der Waals surface area contributed by atoms with Gasteiger partial charge in [0.05, 0.1) is 0 Å². The van der Waals surface area contributed by atoms with Crippen LogP contribution >= 0.6 is 0 Å². The Bertz CT molecular complexity index is 279. The van der Waals surface area contributed by atoms with Crippen molar-refractivity contribution in [2.75, 3.05) is 0 Å². The average molecular weight is 195 g/mol. The molecular weight excluding hydrogens is 178 g/mol. The summed E-state index contributed by atoms with van der Waals surface area (Å²) in [5.74, 6) is 0.124. The summed E-state index contributed by atoms with van der Waals surface area (Å²) in [6, 6.07) is 4.39. The Morgan fingerprint density at radius 2 is 1.79 bits per heavy atom. The molecule has 0 aliphatic heterocycles. The molecule has 0 aliphatic carbocycles. The van der Waals surface area contributed by atoms with Crippen molar-refractivity contribution in [2.24, 2.45) is 5.73 Å². The molecule has 3 heteroatoms. The Labute approximate surface area is 84.2 Å². The molecule has 0 saturated carbocycles. The summed E-state index contributed by atoms with van der Waals surface area (Å²) in [5.41, 5.74) is 6.68. The van der Waals surface area contributed by atoms with Crippen LogP contribution in [0.15, 0.2) is 18.2 Å². The van der Waals surface area contributed by atoms with E-state index in [1.165, 1.54) is 6.07 Å². The fraction of sp³-hybridized carbons (Fsp3) is 0.455. The van der Waals surface area contributed by atoms with Gasteiger partial charge in [0.25, 0.3) is 0 Å². The van der Waals surface area contributed by atoms with Gasteiger partial charge in [-0.1, -0.05) is 19.8 Å². The molecule has 1 aromatic rings. The maximum Gasteiger partial charge on any atom is 0.119 e. The minimum absolute atomic E-state index is 0.0620. The third-order valence-electron chi connectivity index (χ3n) is 2.22. The zero-order valence-electron chi connectivity index (χ0n) is 8.40. The molecule has 1 atom stereocenters. The number of hydrogen-bond donors (Lipinski definition) is 3. The predicted molar refractivity (Wildman–Crippen MR) is 56.2 cm³/mol. The first kappa shape index (κ1) is 10.9. The summed E-state index contributed by atoms with van der Waals surface area (Å²) in [7, 11) is 0. The van der Waals surface area contributed by atoms with Crippen molar-refractivity contribution < 1.29 is 10.2 Å². The van der Waals surface area contributed by atoms with Gasteiger partial charge in [0.1, 0.15) is 11.5 Å². The summed E-state index contributed by atoms with van der Waals surface area (Å²) in [6.45, 7) is 2.10. The fourth-order valence-corrected chi connectivity index (χ4v) is 1.42. The quantitative estimate of drug-likeness (QED) is 0.690. The van der Waals surface area contributed by atoms with E-state index >= 15 is 0 Å². The van der Waals surface area contributed by atoms with E-state index in [1.807, 2.05) is 0 Å². The van der Waals surface area contributed by atoms with Crippen LogP contribution in [0.1, 0.15) is 37.8 Å². The molecule has 0 saturated heterocycles. The summed E-state index contributed by atoms with van der Waals surface area (Å²) >= 11 is 0. The number of benzene rings is 1. The number of hydrogen-bond acceptors (Lipinski definition) is 3. The van der Waals surface area contributed by atoms with Crippen LogP contribution in [-0.4, -0.2) is 10.2 Å². The van der Waals surface area contributed by atoms with Crippen molar-refractivity contribution >= 4 is 0 Å². The first-order chi connectivity index (χ1) is 6.63. The van der Waals surface area contributed by atoms with Gasteiger partial charge in [-0.2, -0.15) is 0 Å². The Hall–Kier alpha value is -1.22. The van der Waals surface area contributed by atoms with Crippen molar-refractivity contribution in [2.45, 2.75) is 32.2 Å². The van der Waals surface area contributed by atoms with Crippen LogP contribution in [0.3, 0.4) is 0 Å². The predicted octanol–water partition coefficient (Wildman–Crippen LogP) is 2.29. The highest BCUT2D eigenvalue weighted by atomic mass is 16.3. The summed E-state index contributed by atoms with van der Waals surface area (Å²) < 4.78 is 0. The van der Waals surface area contributed by atoms with Crippen LogP contribution in [0.5, 0.6) is 11.5 Å². The van der Waals surface area contributed by atoms with E-state index in [4.69, 9.17) is 5.73 Å². The number of unbranched alkanes of at least 4 members (excludes halogenated alkanes) is 1. The highest BCUT2D eigenvalue weighted by Gasteiger charge is 2.07. The highest BCUT2D eigenvalue weighted by Crippen LogP contribution is 2.25. The van der Waals surface area contributed by atoms with Gasteiger partial charge in [-0.25, -0.2) is 0 Å². The van der Waals surface area contributed by atoms with Gasteiger partial charge < -0.3 is 15.9 Å². The lowest BCUT2D eigenvalue weighted by Gasteiger charge is -2.11. The third kappa shape index (κ3) is 2.92. The number of phenols is 2. The largest absolute Gasteiger partial charge is 0.508 e. The Balaban J connectivity index is 2.73. The Morgan fingerprint density at radius 3 is 2.29 bits per heavy atom. The lowest BCUT2D eigenvalue weighted by molar-refractivity contribution is 0.447. The van der Waals surface area contributed by atoms with Crippen molar-refractivity contribution in [3.8, 4) is 11.5 Å². The number of aromatic hydroxyl groups is 2. The van der Waals surface area contributed by atoms with Crippen LogP contribution in [0.25, 0.3) is 0 Å². The van der Waals surface area contributed by atoms with Crippen molar-refractivity contribution in [3.63, 3.8) is 0 Å². The maximum atomic E-state index is 9.25. The molecule has 0 spiro atoms. The van der Waals surface area contributed by atoms with Crippen molar-refractivity contribution in [1.82, 2.24) is 0 Å². The van der Waals surface area contributed by atoms with E-state index in [0.29, 0.717) is 0 Å². The second-order valence-corrected chi connectivity index (χ2v) is 3.53. The van der Waals surface area contributed by atoms with E-state index in [1.54, 1.807) is 12.1 Å². The SMILES string of the molecule is CCCCC(N)c1cc(O)cc(O)c1. The van der Waals surface area contributed by atoms with E-state index in [2.05, 4.69) is 6.92 Å². The maximum absolute atomic E-state index is 9.25. The fourth-order valence-electron chi connectivity index (χ4n) is 1.42. The Kier molecular flexibility index (Phi) is 3.77. The third-order valence-corrected chi connectivity index (χ3v) is 2.22. The van der Waals surface area contributed by atoms with Crippen LogP contribution in [0.4, 0.5) is 0 Å². The lowest BCUT2D eigenvalue weighted by Crippen LogP contribution is -2.09. The average Bonchev–Trinajstić information content (AvgIpc) is 2.12. The summed E-state index contributed by atoms with van der Waals surface area (Å²) in [6.07, 6.45) is 3.02. The molecule has 0 bridgehead atoms. The van der Waals surface area contributed by atoms with Crippen LogP contribution in [-0.2, 0) is 0 Å². The second-order valence-electron chi connectivity index (χ2n) is 3.53. The van der Waals surface area contributed by atoms with Gasteiger partial charge >= 0.3 is 0 Å². The smallest absolute Gasteiger partial charge is 0.119 e. The highest BCUT2D eigenvalue weighted by molar-refractivity contribution is 5.37. The molecule has 1 aromatic carbocycles. The molecule has 0 aromatic heterocycles. The van der Waals surface area contributed by atoms with Gasteiger partial charge in [-0.15, -0.1) is 0 Å². The molecular formula is C11H17NO2. The molecule has 14 heavy (non-hydrogen) atoms. The van der Waals surface area contributed by atoms with Crippen molar-refractivity contribution in [1.29, 1.82) is 0 Å². The second kappa shape index (κ2) is 4.86. The molecule has 1 unspecified atom stereocenters. The van der Waals surface area contributed by atoms with E-state index < -0.39 is 0 Å². The summed E-state index contributed by atoms with van der Waals surface area (Å²) in [4.78, 5) is 0. The molecule has 1 rings (SSSR count). The molecule has 0 fully saturated rings. The van der Waals surface area contributed by atoms with Crippen molar-refractivity contribution in [3.05, 3.63) is 23.8 Å². The standard InChI is InChI=1S/C11H17NO2/c1-2-3-4-11(12)8-5-9(13)7-10(14)6-8/h5-7,11,13-14H,2-4,12H2,1H3. The number of rotatable bonds is 4. The monoisotopic (exact) mass is 195 g/mol. The molecule has 3 nitrogen and oxygen atoms in total. The molecule has 0 aliphatic rings. The minimum Gasteiger partial charge on any atom is -0.508 e. The number of phenolic OH excluding ortho intramolecular Hbond substituents is 2. The van der Waals surface area contributed by atoms with Gasteiger partial charge in [0, 0.05) is 12.1 Å². The molecule has 0 amide bonds. The summed E-state index contributed by atoms with van der Waals surface area (Å²) in [5, 5.41) is 18.5.